The minimum atomic E-state index is -3.59. The number of nitrogens with two attached hydrogens (primary N) is 1. The van der Waals surface area contributed by atoms with Crippen LogP contribution in [-0.2, 0) is 29.7 Å². The Labute approximate surface area is 127 Å². The second kappa shape index (κ2) is 5.38. The fraction of sp³-hybridized carbons (Fsp3) is 0.333. The number of hydrogen-bond acceptors (Lipinski definition) is 5. The molecule has 2 N–H and O–H groups in total. The highest BCUT2D eigenvalue weighted by molar-refractivity contribution is 7.89. The molecule has 1 aromatic carbocycles. The van der Waals surface area contributed by atoms with Gasteiger partial charge in [0, 0.05) is 24.7 Å². The van der Waals surface area contributed by atoms with Crippen LogP contribution in [0.1, 0.15) is 11.4 Å². The Morgan fingerprint density at radius 3 is 2.90 bits per heavy atom. The third kappa shape index (κ3) is 2.55. The van der Waals surface area contributed by atoms with Crippen LogP contribution in [0.3, 0.4) is 0 Å². The fourth-order valence-electron chi connectivity index (χ4n) is 2.27. The minimum absolute atomic E-state index is 0.191. The Balaban J connectivity index is 1.94. The average molecular weight is 328 g/mol. The van der Waals surface area contributed by atoms with Gasteiger partial charge in [0.2, 0.25) is 10.0 Å². The molecular weight excluding hydrogens is 314 g/mol. The van der Waals surface area contributed by atoms with E-state index in [0.717, 1.165) is 0 Å². The van der Waals surface area contributed by atoms with E-state index in [4.69, 9.17) is 17.3 Å². The molecule has 0 radical (unpaired) electrons. The number of halogens is 1. The first kappa shape index (κ1) is 14.5. The molecule has 0 atom stereocenters. The van der Waals surface area contributed by atoms with E-state index in [1.54, 1.807) is 12.4 Å². The van der Waals surface area contributed by atoms with Crippen LogP contribution in [0.5, 0.6) is 0 Å². The molecule has 3 rings (SSSR count). The highest BCUT2D eigenvalue weighted by atomic mass is 35.5. The molecule has 0 spiro atoms. The predicted molar refractivity (Wildman–Crippen MR) is 77.0 cm³/mol. The van der Waals surface area contributed by atoms with Gasteiger partial charge in [-0.1, -0.05) is 11.6 Å². The van der Waals surface area contributed by atoms with E-state index in [2.05, 4.69) is 10.2 Å². The second-order valence-corrected chi connectivity index (χ2v) is 7.08. The van der Waals surface area contributed by atoms with Crippen LogP contribution in [0.2, 0.25) is 5.02 Å². The molecule has 0 aliphatic carbocycles. The summed E-state index contributed by atoms with van der Waals surface area (Å²) in [5.74, 6) is 0.637. The molecule has 112 valence electrons. The van der Waals surface area contributed by atoms with Crippen LogP contribution >= 0.6 is 11.6 Å². The van der Waals surface area contributed by atoms with Gasteiger partial charge in [-0.25, -0.2) is 8.42 Å². The van der Waals surface area contributed by atoms with Crippen LogP contribution < -0.4 is 5.73 Å². The number of hydrogen-bond donors (Lipinski definition) is 1. The predicted octanol–water partition coefficient (Wildman–Crippen LogP) is 0.595. The van der Waals surface area contributed by atoms with Crippen molar-refractivity contribution in [3.05, 3.63) is 40.9 Å². The summed E-state index contributed by atoms with van der Waals surface area (Å²) in [6.07, 6.45) is 1.61. The first-order chi connectivity index (χ1) is 10.0. The Bertz CT molecular complexity index is 774. The molecule has 0 unspecified atom stereocenters. The van der Waals surface area contributed by atoms with Gasteiger partial charge in [-0.15, -0.1) is 10.2 Å². The molecule has 0 bridgehead atoms. The molecule has 7 nitrogen and oxygen atoms in total. The topological polar surface area (TPSA) is 94.1 Å². The summed E-state index contributed by atoms with van der Waals surface area (Å²) in [6, 6.07) is 4.58. The Kier molecular flexibility index (Phi) is 3.70. The third-order valence-corrected chi connectivity index (χ3v) is 5.69. The summed E-state index contributed by atoms with van der Waals surface area (Å²) in [7, 11) is -3.59. The standard InChI is InChI=1S/C12H14ClN5O2S/c13-11-2-1-10(5-9(11)6-14)21(19,20)18-4-3-17-8-15-16-12(17)7-18/h1-2,5,8H,3-4,6-7,14H2. The fourth-order valence-corrected chi connectivity index (χ4v) is 3.90. The van der Waals surface area contributed by atoms with Crippen molar-refractivity contribution in [2.75, 3.05) is 6.54 Å². The van der Waals surface area contributed by atoms with E-state index in [1.807, 2.05) is 4.57 Å². The number of sulfonamides is 1. The number of nitrogens with zero attached hydrogens (tertiary/aromatic N) is 4. The highest BCUT2D eigenvalue weighted by Gasteiger charge is 2.29. The van der Waals surface area contributed by atoms with Crippen molar-refractivity contribution in [1.29, 1.82) is 0 Å². The van der Waals surface area contributed by atoms with Crippen LogP contribution in [0.15, 0.2) is 29.4 Å². The van der Waals surface area contributed by atoms with Gasteiger partial charge < -0.3 is 10.3 Å². The van der Waals surface area contributed by atoms with Gasteiger partial charge in [0.15, 0.2) is 0 Å². The monoisotopic (exact) mass is 327 g/mol. The van der Waals surface area contributed by atoms with Gasteiger partial charge >= 0.3 is 0 Å². The molecule has 1 aromatic heterocycles. The van der Waals surface area contributed by atoms with Gasteiger partial charge in [0.25, 0.3) is 0 Å². The first-order valence-electron chi connectivity index (χ1n) is 6.37. The van der Waals surface area contributed by atoms with Gasteiger partial charge in [-0.2, -0.15) is 4.31 Å². The quantitative estimate of drug-likeness (QED) is 0.890. The van der Waals surface area contributed by atoms with E-state index in [-0.39, 0.29) is 18.0 Å². The zero-order chi connectivity index (χ0) is 15.0. The molecule has 1 aliphatic rings. The molecular formula is C12H14ClN5O2S. The van der Waals surface area contributed by atoms with Crippen LogP contribution in [0.25, 0.3) is 0 Å². The molecule has 21 heavy (non-hydrogen) atoms. The van der Waals surface area contributed by atoms with Gasteiger partial charge in [-0.3, -0.25) is 0 Å². The smallest absolute Gasteiger partial charge is 0.243 e. The van der Waals surface area contributed by atoms with E-state index in [1.165, 1.54) is 16.4 Å². The largest absolute Gasteiger partial charge is 0.326 e. The normalized spacial score (nSPS) is 15.9. The number of aromatic nitrogens is 3. The lowest BCUT2D eigenvalue weighted by Crippen LogP contribution is -2.38. The molecule has 0 saturated carbocycles. The van der Waals surface area contributed by atoms with Crippen molar-refractivity contribution >= 4 is 21.6 Å². The SMILES string of the molecule is NCc1cc(S(=O)(=O)N2CCn3cnnc3C2)ccc1Cl. The molecule has 2 aromatic rings. The molecule has 0 saturated heterocycles. The molecule has 1 aliphatic heterocycles. The number of benzene rings is 1. The van der Waals surface area contributed by atoms with Crippen molar-refractivity contribution < 1.29 is 8.42 Å². The Morgan fingerprint density at radius 2 is 2.14 bits per heavy atom. The van der Waals surface area contributed by atoms with Crippen molar-refractivity contribution in [1.82, 2.24) is 19.1 Å². The maximum Gasteiger partial charge on any atom is 0.243 e. The molecule has 0 amide bonds. The summed E-state index contributed by atoms with van der Waals surface area (Å²) >= 11 is 5.97. The zero-order valence-corrected chi connectivity index (χ0v) is 12.7. The van der Waals surface area contributed by atoms with Crippen molar-refractivity contribution in [2.24, 2.45) is 5.73 Å². The first-order valence-corrected chi connectivity index (χ1v) is 8.19. The third-order valence-electron chi connectivity index (χ3n) is 3.48. The zero-order valence-electron chi connectivity index (χ0n) is 11.1. The number of rotatable bonds is 3. The molecule has 2 heterocycles. The van der Waals surface area contributed by atoms with Crippen molar-refractivity contribution in [2.45, 2.75) is 24.5 Å². The lowest BCUT2D eigenvalue weighted by atomic mass is 10.2. The van der Waals surface area contributed by atoms with Crippen molar-refractivity contribution in [3.8, 4) is 0 Å². The summed E-state index contributed by atoms with van der Waals surface area (Å²) in [6.45, 7) is 1.33. The Hall–Kier alpha value is -1.48. The van der Waals surface area contributed by atoms with E-state index in [0.29, 0.717) is 29.5 Å². The molecule has 9 heteroatoms. The maximum absolute atomic E-state index is 12.7. The summed E-state index contributed by atoms with van der Waals surface area (Å²) in [5, 5.41) is 8.18. The lowest BCUT2D eigenvalue weighted by Gasteiger charge is -2.26. The Morgan fingerprint density at radius 1 is 1.33 bits per heavy atom. The van der Waals surface area contributed by atoms with E-state index < -0.39 is 10.0 Å². The van der Waals surface area contributed by atoms with Crippen LogP contribution in [0, 0.1) is 0 Å². The van der Waals surface area contributed by atoms with Gasteiger partial charge in [0.1, 0.15) is 12.2 Å². The minimum Gasteiger partial charge on any atom is -0.326 e. The summed E-state index contributed by atoms with van der Waals surface area (Å²) in [5.41, 5.74) is 6.19. The number of fused-ring (bicyclic) bond motifs is 1. The van der Waals surface area contributed by atoms with Gasteiger partial charge in [-0.05, 0) is 23.8 Å². The summed E-state index contributed by atoms with van der Waals surface area (Å²) in [4.78, 5) is 0.195. The maximum atomic E-state index is 12.7. The van der Waals surface area contributed by atoms with Crippen LogP contribution in [-0.4, -0.2) is 34.0 Å². The highest BCUT2D eigenvalue weighted by Crippen LogP contribution is 2.24. The molecule has 0 fully saturated rings. The van der Waals surface area contributed by atoms with E-state index >= 15 is 0 Å². The summed E-state index contributed by atoms with van der Waals surface area (Å²) < 4.78 is 28.6. The van der Waals surface area contributed by atoms with Crippen molar-refractivity contribution in [3.63, 3.8) is 0 Å². The van der Waals surface area contributed by atoms with Crippen LogP contribution in [0.4, 0.5) is 0 Å². The van der Waals surface area contributed by atoms with Gasteiger partial charge in [0.05, 0.1) is 11.4 Å². The second-order valence-electron chi connectivity index (χ2n) is 4.74. The lowest BCUT2D eigenvalue weighted by molar-refractivity contribution is 0.335. The van der Waals surface area contributed by atoms with E-state index in [9.17, 15) is 8.42 Å². The average Bonchev–Trinajstić information content (AvgIpc) is 2.94.